The van der Waals surface area contributed by atoms with Crippen molar-refractivity contribution in [2.24, 2.45) is 5.92 Å². The van der Waals surface area contributed by atoms with Crippen LogP contribution in [0.25, 0.3) is 0 Å². The van der Waals surface area contributed by atoms with Gasteiger partial charge in [0.25, 0.3) is 0 Å². The predicted molar refractivity (Wildman–Crippen MR) is 121 cm³/mol. The number of amides is 1. The van der Waals surface area contributed by atoms with Crippen molar-refractivity contribution in [1.82, 2.24) is 4.90 Å². The Bertz CT molecular complexity index is 811. The quantitative estimate of drug-likeness (QED) is 0.630. The Labute approximate surface area is 180 Å². The van der Waals surface area contributed by atoms with E-state index < -0.39 is 0 Å². The van der Waals surface area contributed by atoms with Crippen LogP contribution in [-0.4, -0.2) is 44.2 Å². The Morgan fingerprint density at radius 1 is 1.03 bits per heavy atom. The lowest BCUT2D eigenvalue weighted by Crippen LogP contribution is -2.47. The van der Waals surface area contributed by atoms with Crippen LogP contribution in [0.5, 0.6) is 11.5 Å². The molecule has 0 atom stereocenters. The van der Waals surface area contributed by atoms with Crippen LogP contribution in [0.15, 0.2) is 48.5 Å². The summed E-state index contributed by atoms with van der Waals surface area (Å²) in [4.78, 5) is 17.6. The first-order valence-corrected chi connectivity index (χ1v) is 10.8. The number of carbonyl (C=O) groups excluding carboxylic acids is 1. The summed E-state index contributed by atoms with van der Waals surface area (Å²) in [7, 11) is 3.35. The number of likely N-dealkylation sites (tertiary alicyclic amines) is 1. The van der Waals surface area contributed by atoms with Crippen molar-refractivity contribution < 1.29 is 14.3 Å². The summed E-state index contributed by atoms with van der Waals surface area (Å²) in [5.74, 6) is 2.20. The minimum Gasteiger partial charge on any atom is -0.497 e. The van der Waals surface area contributed by atoms with Gasteiger partial charge in [0, 0.05) is 43.9 Å². The number of benzene rings is 2. The van der Waals surface area contributed by atoms with E-state index in [9.17, 15) is 4.79 Å². The van der Waals surface area contributed by atoms with Gasteiger partial charge in [0.2, 0.25) is 5.91 Å². The normalized spacial score (nSPS) is 15.2. The van der Waals surface area contributed by atoms with Gasteiger partial charge in [0.1, 0.15) is 11.5 Å². The number of hydrogen-bond acceptors (Lipinski definition) is 4. The standard InChI is InChI=1S/C25H34N2O3/c1-19(2)16-25(28)27(22-6-5-7-24(17-22)30-4)21-12-14-26(15-13-21)18-20-8-10-23(29-3)11-9-20/h5-11,17,19,21H,12-16,18H2,1-4H3. The molecule has 1 amide bonds. The molecule has 0 aromatic heterocycles. The van der Waals surface area contributed by atoms with Crippen molar-refractivity contribution in [3.05, 3.63) is 54.1 Å². The molecule has 1 saturated heterocycles. The molecule has 0 aliphatic carbocycles. The fourth-order valence-electron chi connectivity index (χ4n) is 4.09. The highest BCUT2D eigenvalue weighted by Crippen LogP contribution is 2.29. The first-order chi connectivity index (χ1) is 14.5. The highest BCUT2D eigenvalue weighted by atomic mass is 16.5. The van der Waals surface area contributed by atoms with Crippen LogP contribution in [0, 0.1) is 5.92 Å². The summed E-state index contributed by atoms with van der Waals surface area (Å²) in [6, 6.07) is 16.4. The zero-order valence-electron chi connectivity index (χ0n) is 18.6. The van der Waals surface area contributed by atoms with Crippen molar-refractivity contribution in [2.45, 2.75) is 45.7 Å². The minimum atomic E-state index is 0.201. The van der Waals surface area contributed by atoms with E-state index in [0.29, 0.717) is 12.3 Å². The van der Waals surface area contributed by atoms with Crippen LogP contribution in [0.3, 0.4) is 0 Å². The second kappa shape index (κ2) is 10.5. The Morgan fingerprint density at radius 3 is 2.30 bits per heavy atom. The minimum absolute atomic E-state index is 0.201. The molecule has 0 bridgehead atoms. The number of hydrogen-bond donors (Lipinski definition) is 0. The number of piperidine rings is 1. The maximum Gasteiger partial charge on any atom is 0.227 e. The van der Waals surface area contributed by atoms with Crippen LogP contribution >= 0.6 is 0 Å². The molecular formula is C25H34N2O3. The second-order valence-electron chi connectivity index (χ2n) is 8.42. The smallest absolute Gasteiger partial charge is 0.227 e. The van der Waals surface area contributed by atoms with Gasteiger partial charge in [-0.05, 0) is 48.6 Å². The Balaban J connectivity index is 1.68. The Kier molecular flexibility index (Phi) is 7.75. The lowest BCUT2D eigenvalue weighted by molar-refractivity contribution is -0.120. The molecule has 1 aliphatic heterocycles. The molecule has 162 valence electrons. The molecular weight excluding hydrogens is 376 g/mol. The van der Waals surface area contributed by atoms with E-state index in [0.717, 1.165) is 49.7 Å². The summed E-state index contributed by atoms with van der Waals surface area (Å²) in [6.45, 7) is 7.08. The zero-order valence-corrected chi connectivity index (χ0v) is 18.6. The first kappa shape index (κ1) is 22.2. The molecule has 0 unspecified atom stereocenters. The largest absolute Gasteiger partial charge is 0.497 e. The number of carbonyl (C=O) groups is 1. The molecule has 1 fully saturated rings. The summed E-state index contributed by atoms with van der Waals surface area (Å²) in [5, 5.41) is 0. The molecule has 0 radical (unpaired) electrons. The average Bonchev–Trinajstić information content (AvgIpc) is 2.75. The van der Waals surface area contributed by atoms with E-state index in [1.54, 1.807) is 14.2 Å². The summed E-state index contributed by atoms with van der Waals surface area (Å²) < 4.78 is 10.6. The van der Waals surface area contributed by atoms with Crippen LogP contribution in [0.1, 0.15) is 38.7 Å². The molecule has 0 spiro atoms. The van der Waals surface area contributed by atoms with Gasteiger partial charge in [-0.1, -0.05) is 32.0 Å². The average molecular weight is 411 g/mol. The third kappa shape index (κ3) is 5.76. The molecule has 2 aromatic carbocycles. The lowest BCUT2D eigenvalue weighted by Gasteiger charge is -2.39. The number of rotatable bonds is 8. The van der Waals surface area contributed by atoms with E-state index in [1.165, 1.54) is 5.56 Å². The molecule has 0 N–H and O–H groups in total. The van der Waals surface area contributed by atoms with Gasteiger partial charge in [0.15, 0.2) is 0 Å². The maximum absolute atomic E-state index is 13.1. The molecule has 2 aromatic rings. The topological polar surface area (TPSA) is 42.0 Å². The van der Waals surface area contributed by atoms with Gasteiger partial charge in [-0.15, -0.1) is 0 Å². The van der Waals surface area contributed by atoms with E-state index >= 15 is 0 Å². The molecule has 1 heterocycles. The second-order valence-corrected chi connectivity index (χ2v) is 8.42. The van der Waals surface area contributed by atoms with Crippen LogP contribution in [-0.2, 0) is 11.3 Å². The van der Waals surface area contributed by atoms with Crippen molar-refractivity contribution in [1.29, 1.82) is 0 Å². The molecule has 5 heteroatoms. The Morgan fingerprint density at radius 2 is 1.70 bits per heavy atom. The zero-order chi connectivity index (χ0) is 21.5. The van der Waals surface area contributed by atoms with Crippen LogP contribution in [0.4, 0.5) is 5.69 Å². The SMILES string of the molecule is COc1ccc(CN2CCC(N(C(=O)CC(C)C)c3cccc(OC)c3)CC2)cc1. The van der Waals surface area contributed by atoms with Gasteiger partial charge in [-0.2, -0.15) is 0 Å². The van der Waals surface area contributed by atoms with Gasteiger partial charge in [-0.25, -0.2) is 0 Å². The lowest BCUT2D eigenvalue weighted by atomic mass is 9.99. The predicted octanol–water partition coefficient (Wildman–Crippen LogP) is 4.75. The van der Waals surface area contributed by atoms with E-state index in [-0.39, 0.29) is 11.9 Å². The highest BCUT2D eigenvalue weighted by molar-refractivity contribution is 5.94. The van der Waals surface area contributed by atoms with E-state index in [1.807, 2.05) is 41.3 Å². The van der Waals surface area contributed by atoms with Crippen molar-refractivity contribution in [3.63, 3.8) is 0 Å². The highest BCUT2D eigenvalue weighted by Gasteiger charge is 2.29. The maximum atomic E-state index is 13.1. The fraction of sp³-hybridized carbons (Fsp3) is 0.480. The molecule has 5 nitrogen and oxygen atoms in total. The molecule has 30 heavy (non-hydrogen) atoms. The van der Waals surface area contributed by atoms with E-state index in [4.69, 9.17) is 9.47 Å². The van der Waals surface area contributed by atoms with Gasteiger partial charge in [0.05, 0.1) is 14.2 Å². The fourth-order valence-corrected chi connectivity index (χ4v) is 4.09. The van der Waals surface area contributed by atoms with Crippen molar-refractivity contribution >= 4 is 11.6 Å². The number of ether oxygens (including phenoxy) is 2. The third-order valence-electron chi connectivity index (χ3n) is 5.67. The Hall–Kier alpha value is -2.53. The number of methoxy groups -OCH3 is 2. The van der Waals surface area contributed by atoms with Crippen molar-refractivity contribution in [3.8, 4) is 11.5 Å². The van der Waals surface area contributed by atoms with Crippen molar-refractivity contribution in [2.75, 3.05) is 32.2 Å². The molecule has 0 saturated carbocycles. The molecule has 1 aliphatic rings. The summed E-state index contributed by atoms with van der Waals surface area (Å²) >= 11 is 0. The molecule has 3 rings (SSSR count). The van der Waals surface area contributed by atoms with Crippen LogP contribution < -0.4 is 14.4 Å². The van der Waals surface area contributed by atoms with E-state index in [2.05, 4.69) is 30.9 Å². The van der Waals surface area contributed by atoms with Gasteiger partial charge >= 0.3 is 0 Å². The van der Waals surface area contributed by atoms with Gasteiger partial charge < -0.3 is 14.4 Å². The van der Waals surface area contributed by atoms with Gasteiger partial charge in [-0.3, -0.25) is 9.69 Å². The first-order valence-electron chi connectivity index (χ1n) is 10.8. The summed E-state index contributed by atoms with van der Waals surface area (Å²) in [5.41, 5.74) is 2.23. The number of nitrogens with zero attached hydrogens (tertiary/aromatic N) is 2. The number of anilines is 1. The third-order valence-corrected chi connectivity index (χ3v) is 5.67. The summed E-state index contributed by atoms with van der Waals surface area (Å²) in [6.07, 6.45) is 2.50. The van der Waals surface area contributed by atoms with Crippen LogP contribution in [0.2, 0.25) is 0 Å². The monoisotopic (exact) mass is 410 g/mol.